The van der Waals surface area contributed by atoms with E-state index in [1.165, 1.54) is 10.9 Å². The van der Waals surface area contributed by atoms with Gasteiger partial charge in [0.25, 0.3) is 0 Å². The van der Waals surface area contributed by atoms with Gasteiger partial charge in [0.2, 0.25) is 10.0 Å². The van der Waals surface area contributed by atoms with E-state index >= 15 is 0 Å². The molecule has 1 rings (SSSR count). The molecule has 4 N–H and O–H groups in total. The molecule has 0 unspecified atom stereocenters. The van der Waals surface area contributed by atoms with Gasteiger partial charge in [0.05, 0.1) is 26.0 Å². The molecule has 1 heterocycles. The molecule has 0 aliphatic heterocycles. The first-order valence-corrected chi connectivity index (χ1v) is 6.23. The van der Waals surface area contributed by atoms with E-state index in [-0.39, 0.29) is 4.90 Å². The van der Waals surface area contributed by atoms with Gasteiger partial charge in [-0.3, -0.25) is 4.68 Å². The molecule has 0 saturated carbocycles. The zero-order chi connectivity index (χ0) is 13.1. The highest BCUT2D eigenvalue weighted by molar-refractivity contribution is 7.89. The largest absolute Gasteiger partial charge is 0.394 e. The predicted octanol–water partition coefficient (Wildman–Crippen LogP) is -2.59. The van der Waals surface area contributed by atoms with E-state index in [0.717, 1.165) is 6.20 Å². The maximum Gasteiger partial charge on any atom is 0.244 e. The van der Waals surface area contributed by atoms with Crippen molar-refractivity contribution in [2.24, 2.45) is 7.05 Å². The number of nitrogens with one attached hydrogen (secondary N) is 1. The molecular formula is C8H15N3O5S. The van der Waals surface area contributed by atoms with E-state index in [4.69, 9.17) is 15.3 Å². The van der Waals surface area contributed by atoms with Crippen molar-refractivity contribution in [1.82, 2.24) is 14.5 Å². The molecular weight excluding hydrogens is 250 g/mol. The van der Waals surface area contributed by atoms with E-state index in [0.29, 0.717) is 0 Å². The van der Waals surface area contributed by atoms with Crippen molar-refractivity contribution in [2.45, 2.75) is 10.4 Å². The number of aliphatic hydroxyl groups excluding tert-OH is 3. The summed E-state index contributed by atoms with van der Waals surface area (Å²) in [4.78, 5) is -0.111. The summed E-state index contributed by atoms with van der Waals surface area (Å²) in [5.41, 5.74) is -1.69. The van der Waals surface area contributed by atoms with E-state index in [9.17, 15) is 8.42 Å². The van der Waals surface area contributed by atoms with E-state index in [1.54, 1.807) is 7.05 Å². The Kier molecular flexibility index (Phi) is 4.22. The minimum absolute atomic E-state index is 0.111. The average molecular weight is 265 g/mol. The quantitative estimate of drug-likeness (QED) is 0.447. The second-order valence-corrected chi connectivity index (χ2v) is 5.39. The minimum Gasteiger partial charge on any atom is -0.394 e. The number of aliphatic hydroxyl groups is 3. The topological polar surface area (TPSA) is 125 Å². The summed E-state index contributed by atoms with van der Waals surface area (Å²) < 4.78 is 27.0. The third-order valence-corrected chi connectivity index (χ3v) is 3.78. The lowest BCUT2D eigenvalue weighted by Gasteiger charge is -2.27. The molecule has 8 nitrogen and oxygen atoms in total. The second kappa shape index (κ2) is 5.10. The second-order valence-electron chi connectivity index (χ2n) is 3.71. The van der Waals surface area contributed by atoms with Gasteiger partial charge in [-0.15, -0.1) is 0 Å². The summed E-state index contributed by atoms with van der Waals surface area (Å²) in [7, 11) is -2.39. The molecule has 0 atom stereocenters. The molecule has 0 spiro atoms. The van der Waals surface area contributed by atoms with E-state index in [2.05, 4.69) is 9.82 Å². The van der Waals surface area contributed by atoms with Gasteiger partial charge in [-0.25, -0.2) is 8.42 Å². The lowest BCUT2D eigenvalue weighted by Crippen LogP contribution is -2.56. The van der Waals surface area contributed by atoms with Gasteiger partial charge in [0, 0.05) is 13.2 Å². The molecule has 0 aromatic carbocycles. The molecule has 0 saturated heterocycles. The monoisotopic (exact) mass is 265 g/mol. The number of nitrogens with zero attached hydrogens (tertiary/aromatic N) is 2. The fraction of sp³-hybridized carbons (Fsp3) is 0.625. The standard InChI is InChI=1S/C8H15N3O5S/c1-11-3-7(2-9-11)17(15,16)10-8(4-12,5-13)6-14/h2-3,10,12-14H,4-6H2,1H3. The first-order valence-electron chi connectivity index (χ1n) is 4.74. The van der Waals surface area contributed by atoms with E-state index in [1.807, 2.05) is 0 Å². The summed E-state index contributed by atoms with van der Waals surface area (Å²) >= 11 is 0. The van der Waals surface area contributed by atoms with Crippen LogP contribution in [0.4, 0.5) is 0 Å². The third-order valence-electron chi connectivity index (χ3n) is 2.25. The van der Waals surface area contributed by atoms with Crippen LogP contribution in [0.15, 0.2) is 17.3 Å². The maximum atomic E-state index is 11.8. The van der Waals surface area contributed by atoms with Crippen LogP contribution in [0.5, 0.6) is 0 Å². The fourth-order valence-corrected chi connectivity index (χ4v) is 2.49. The van der Waals surface area contributed by atoms with Gasteiger partial charge >= 0.3 is 0 Å². The lowest BCUT2D eigenvalue weighted by atomic mass is 10.1. The van der Waals surface area contributed by atoms with Crippen LogP contribution in [0.3, 0.4) is 0 Å². The summed E-state index contributed by atoms with van der Waals surface area (Å²) in [5.74, 6) is 0. The molecule has 0 fully saturated rings. The maximum absolute atomic E-state index is 11.8. The number of hydrogen-bond acceptors (Lipinski definition) is 6. The molecule has 0 aliphatic carbocycles. The van der Waals surface area contributed by atoms with Gasteiger partial charge < -0.3 is 15.3 Å². The Morgan fingerprint density at radius 2 is 1.88 bits per heavy atom. The molecule has 0 radical (unpaired) electrons. The van der Waals surface area contributed by atoms with Crippen molar-refractivity contribution in [3.63, 3.8) is 0 Å². The van der Waals surface area contributed by atoms with Crippen LogP contribution in [0.2, 0.25) is 0 Å². The predicted molar refractivity (Wildman–Crippen MR) is 57.5 cm³/mol. The number of rotatable bonds is 6. The molecule has 9 heteroatoms. The molecule has 1 aromatic heterocycles. The van der Waals surface area contributed by atoms with Crippen LogP contribution in [0.25, 0.3) is 0 Å². The smallest absolute Gasteiger partial charge is 0.244 e. The van der Waals surface area contributed by atoms with Gasteiger partial charge in [0.15, 0.2) is 0 Å². The number of aryl methyl sites for hydroxylation is 1. The van der Waals surface area contributed by atoms with Crippen LogP contribution in [-0.4, -0.2) is 58.9 Å². The average Bonchev–Trinajstić information content (AvgIpc) is 2.74. The molecule has 1 aromatic rings. The van der Waals surface area contributed by atoms with Crippen molar-refractivity contribution in [3.8, 4) is 0 Å². The van der Waals surface area contributed by atoms with Crippen molar-refractivity contribution < 1.29 is 23.7 Å². The zero-order valence-corrected chi connectivity index (χ0v) is 10.1. The zero-order valence-electron chi connectivity index (χ0n) is 9.24. The van der Waals surface area contributed by atoms with Crippen LogP contribution in [-0.2, 0) is 17.1 Å². The lowest BCUT2D eigenvalue weighted by molar-refractivity contribution is 0.0582. The Labute approximate surface area is 98.6 Å². The van der Waals surface area contributed by atoms with Crippen molar-refractivity contribution in [3.05, 3.63) is 12.4 Å². The Balaban J connectivity index is 3.00. The first-order chi connectivity index (χ1) is 7.89. The molecule has 98 valence electrons. The highest BCUT2D eigenvalue weighted by Gasteiger charge is 2.34. The highest BCUT2D eigenvalue weighted by atomic mass is 32.2. The Bertz CT molecular complexity index is 457. The van der Waals surface area contributed by atoms with Crippen molar-refractivity contribution >= 4 is 10.0 Å². The normalized spacial score (nSPS) is 12.9. The van der Waals surface area contributed by atoms with Crippen LogP contribution >= 0.6 is 0 Å². The molecule has 0 bridgehead atoms. The Morgan fingerprint density at radius 1 is 1.35 bits per heavy atom. The first kappa shape index (κ1) is 14.1. The van der Waals surface area contributed by atoms with E-state index < -0.39 is 35.4 Å². The van der Waals surface area contributed by atoms with Gasteiger partial charge in [0.1, 0.15) is 10.4 Å². The summed E-state index contributed by atoms with van der Waals surface area (Å²) in [5, 5.41) is 30.8. The highest BCUT2D eigenvalue weighted by Crippen LogP contribution is 2.11. The summed E-state index contributed by atoms with van der Waals surface area (Å²) in [6.07, 6.45) is 2.39. The SMILES string of the molecule is Cn1cc(S(=O)(=O)NC(CO)(CO)CO)cn1. The van der Waals surface area contributed by atoms with Gasteiger partial charge in [-0.2, -0.15) is 9.82 Å². The molecule has 0 aliphatic rings. The Hall–Kier alpha value is -1.00. The molecule has 0 amide bonds. The minimum atomic E-state index is -3.95. The van der Waals surface area contributed by atoms with Crippen molar-refractivity contribution in [1.29, 1.82) is 0 Å². The summed E-state index contributed by atoms with van der Waals surface area (Å²) in [6, 6.07) is 0. The van der Waals surface area contributed by atoms with Gasteiger partial charge in [-0.1, -0.05) is 0 Å². The third kappa shape index (κ3) is 3.01. The van der Waals surface area contributed by atoms with Gasteiger partial charge in [-0.05, 0) is 0 Å². The summed E-state index contributed by atoms with van der Waals surface area (Å²) in [6.45, 7) is -2.17. The van der Waals surface area contributed by atoms with Crippen LogP contribution in [0.1, 0.15) is 0 Å². The van der Waals surface area contributed by atoms with Crippen LogP contribution in [0, 0.1) is 0 Å². The van der Waals surface area contributed by atoms with Crippen molar-refractivity contribution in [2.75, 3.05) is 19.8 Å². The van der Waals surface area contributed by atoms with Crippen LogP contribution < -0.4 is 4.72 Å². The number of hydrogen-bond donors (Lipinski definition) is 4. The number of sulfonamides is 1. The Morgan fingerprint density at radius 3 is 2.24 bits per heavy atom. The fourth-order valence-electron chi connectivity index (χ4n) is 1.13. The molecule has 17 heavy (non-hydrogen) atoms. The number of aromatic nitrogens is 2.